The number of hydrazine groups is 1. The highest BCUT2D eigenvalue weighted by Crippen LogP contribution is 2.21. The van der Waals surface area contributed by atoms with Crippen LogP contribution in [-0.2, 0) is 0 Å². The highest BCUT2D eigenvalue weighted by molar-refractivity contribution is 5.43. The topological polar surface area (TPSA) is 92.0 Å². The zero-order valence-corrected chi connectivity index (χ0v) is 13.3. The highest BCUT2D eigenvalue weighted by Gasteiger charge is 2.18. The number of piperidine rings is 1. The maximum atomic E-state index is 5.48. The first-order valence-corrected chi connectivity index (χ1v) is 7.75. The fourth-order valence-corrected chi connectivity index (χ4v) is 2.19. The molecular weight excluding hydrogens is 266 g/mol. The summed E-state index contributed by atoms with van der Waals surface area (Å²) in [6.07, 6.45) is 4.73. The van der Waals surface area contributed by atoms with Crippen molar-refractivity contribution in [2.75, 3.05) is 35.3 Å². The molecule has 1 aliphatic rings. The number of nitrogen functional groups attached to an aromatic ring is 1. The summed E-state index contributed by atoms with van der Waals surface area (Å²) in [5.74, 6) is 7.17. The van der Waals surface area contributed by atoms with Crippen LogP contribution >= 0.6 is 0 Å². The van der Waals surface area contributed by atoms with Crippen molar-refractivity contribution in [3.63, 3.8) is 0 Å². The van der Waals surface area contributed by atoms with E-state index in [2.05, 4.69) is 51.4 Å². The summed E-state index contributed by atoms with van der Waals surface area (Å²) in [6, 6.07) is 0. The summed E-state index contributed by atoms with van der Waals surface area (Å²) in [5.41, 5.74) is 2.73. The third-order valence-corrected chi connectivity index (χ3v) is 4.07. The van der Waals surface area contributed by atoms with E-state index in [0.717, 1.165) is 26.1 Å². The fraction of sp³-hybridized carbons (Fsp3) is 0.786. The van der Waals surface area contributed by atoms with E-state index < -0.39 is 0 Å². The van der Waals surface area contributed by atoms with Gasteiger partial charge in [0.2, 0.25) is 17.8 Å². The Morgan fingerprint density at radius 1 is 1.10 bits per heavy atom. The summed E-state index contributed by atoms with van der Waals surface area (Å²) in [6.45, 7) is 9.42. The van der Waals surface area contributed by atoms with Crippen molar-refractivity contribution >= 4 is 17.8 Å². The molecule has 7 nitrogen and oxygen atoms in total. The van der Waals surface area contributed by atoms with Gasteiger partial charge in [0.1, 0.15) is 0 Å². The normalized spacial score (nSPS) is 15.9. The summed E-state index contributed by atoms with van der Waals surface area (Å²) in [7, 11) is 0. The van der Waals surface area contributed by atoms with Crippen LogP contribution in [0.15, 0.2) is 0 Å². The number of nitrogens with two attached hydrogens (primary N) is 1. The van der Waals surface area contributed by atoms with E-state index in [1.807, 2.05) is 0 Å². The molecule has 2 heterocycles. The van der Waals surface area contributed by atoms with E-state index in [-0.39, 0.29) is 5.41 Å². The van der Waals surface area contributed by atoms with Crippen molar-refractivity contribution < 1.29 is 0 Å². The van der Waals surface area contributed by atoms with Crippen LogP contribution in [0.25, 0.3) is 0 Å². The van der Waals surface area contributed by atoms with Crippen LogP contribution in [0.1, 0.15) is 46.5 Å². The molecule has 0 aromatic carbocycles. The summed E-state index contributed by atoms with van der Waals surface area (Å²) in [5, 5.41) is 3.31. The van der Waals surface area contributed by atoms with Gasteiger partial charge in [-0.05, 0) is 31.1 Å². The third kappa shape index (κ3) is 4.42. The van der Waals surface area contributed by atoms with Crippen LogP contribution < -0.4 is 21.5 Å². The van der Waals surface area contributed by atoms with Crippen LogP contribution in [0.5, 0.6) is 0 Å². The molecular formula is C14H27N7. The number of rotatable bonds is 6. The smallest absolute Gasteiger partial charge is 0.243 e. The monoisotopic (exact) mass is 293 g/mol. The molecule has 1 aromatic heterocycles. The highest BCUT2D eigenvalue weighted by atomic mass is 15.4. The zero-order valence-electron chi connectivity index (χ0n) is 13.3. The molecule has 7 heteroatoms. The van der Waals surface area contributed by atoms with Gasteiger partial charge in [-0.1, -0.05) is 20.8 Å². The number of hydrogen-bond donors (Lipinski definition) is 3. The predicted molar refractivity (Wildman–Crippen MR) is 86.3 cm³/mol. The van der Waals surface area contributed by atoms with Gasteiger partial charge >= 0.3 is 0 Å². The number of hydrogen-bond acceptors (Lipinski definition) is 7. The Bertz CT molecular complexity index is 455. The molecule has 1 fully saturated rings. The second-order valence-electron chi connectivity index (χ2n) is 6.35. The molecule has 0 spiro atoms. The van der Waals surface area contributed by atoms with Crippen molar-refractivity contribution in [1.82, 2.24) is 15.0 Å². The van der Waals surface area contributed by atoms with Crippen LogP contribution in [0.2, 0.25) is 0 Å². The lowest BCUT2D eigenvalue weighted by Crippen LogP contribution is -2.32. The molecule has 0 aliphatic carbocycles. The zero-order chi connectivity index (χ0) is 15.3. The molecule has 2 rings (SSSR count). The summed E-state index contributed by atoms with van der Waals surface area (Å²) < 4.78 is 0. The Hall–Kier alpha value is -1.63. The number of anilines is 3. The van der Waals surface area contributed by atoms with Crippen molar-refractivity contribution in [1.29, 1.82) is 0 Å². The van der Waals surface area contributed by atoms with Gasteiger partial charge in [0.25, 0.3) is 0 Å². The van der Waals surface area contributed by atoms with Crippen molar-refractivity contribution in [2.24, 2.45) is 11.3 Å². The maximum Gasteiger partial charge on any atom is 0.243 e. The lowest BCUT2D eigenvalue weighted by atomic mass is 9.90. The van der Waals surface area contributed by atoms with Gasteiger partial charge in [-0.15, -0.1) is 0 Å². The fourth-order valence-electron chi connectivity index (χ4n) is 2.19. The quantitative estimate of drug-likeness (QED) is 0.545. The van der Waals surface area contributed by atoms with Gasteiger partial charge < -0.3 is 10.2 Å². The predicted octanol–water partition coefficient (Wildman–Crippen LogP) is 2.00. The molecule has 118 valence electrons. The maximum absolute atomic E-state index is 5.48. The molecule has 0 amide bonds. The van der Waals surface area contributed by atoms with Gasteiger partial charge in [-0.3, -0.25) is 5.43 Å². The van der Waals surface area contributed by atoms with Crippen molar-refractivity contribution in [2.45, 2.75) is 46.5 Å². The standard InChI is InChI=1S/C14H27N7/c1-4-14(2,3)10-16-11-17-12(20-15)19-13(18-11)21-8-6-5-7-9-21/h4-10,15H2,1-3H3,(H2,16,17,18,19,20). The minimum absolute atomic E-state index is 0.203. The van der Waals surface area contributed by atoms with E-state index >= 15 is 0 Å². The molecule has 0 bridgehead atoms. The lowest BCUT2D eigenvalue weighted by molar-refractivity contribution is 0.376. The first-order chi connectivity index (χ1) is 10.0. The first-order valence-electron chi connectivity index (χ1n) is 7.75. The van der Waals surface area contributed by atoms with Gasteiger partial charge in [-0.2, -0.15) is 15.0 Å². The Labute approximate surface area is 126 Å². The van der Waals surface area contributed by atoms with Gasteiger partial charge in [0, 0.05) is 19.6 Å². The molecule has 0 radical (unpaired) electrons. The van der Waals surface area contributed by atoms with E-state index in [4.69, 9.17) is 5.84 Å². The average molecular weight is 293 g/mol. The molecule has 1 aliphatic heterocycles. The second-order valence-corrected chi connectivity index (χ2v) is 6.35. The molecule has 21 heavy (non-hydrogen) atoms. The second kappa shape index (κ2) is 6.89. The third-order valence-electron chi connectivity index (χ3n) is 4.07. The van der Waals surface area contributed by atoms with Crippen LogP contribution in [0.4, 0.5) is 17.8 Å². The Morgan fingerprint density at radius 3 is 2.38 bits per heavy atom. The largest absolute Gasteiger partial charge is 0.353 e. The number of aromatic nitrogens is 3. The van der Waals surface area contributed by atoms with Crippen molar-refractivity contribution in [3.05, 3.63) is 0 Å². The molecule has 1 saturated heterocycles. The molecule has 0 atom stereocenters. The minimum Gasteiger partial charge on any atom is -0.353 e. The Kier molecular flexibility index (Phi) is 5.17. The molecule has 1 aromatic rings. The van der Waals surface area contributed by atoms with Gasteiger partial charge in [-0.25, -0.2) is 5.84 Å². The summed E-state index contributed by atoms with van der Waals surface area (Å²) in [4.78, 5) is 15.4. The van der Waals surface area contributed by atoms with Gasteiger partial charge in [0.05, 0.1) is 0 Å². The lowest BCUT2D eigenvalue weighted by Gasteiger charge is -2.27. The minimum atomic E-state index is 0.203. The SMILES string of the molecule is CCC(C)(C)CNc1nc(NN)nc(N2CCCCC2)n1. The average Bonchev–Trinajstić information content (AvgIpc) is 2.53. The van der Waals surface area contributed by atoms with E-state index in [9.17, 15) is 0 Å². The van der Waals surface area contributed by atoms with Crippen LogP contribution in [0, 0.1) is 5.41 Å². The first kappa shape index (κ1) is 15.8. The van der Waals surface area contributed by atoms with E-state index in [1.165, 1.54) is 19.3 Å². The van der Waals surface area contributed by atoms with E-state index in [1.54, 1.807) is 0 Å². The van der Waals surface area contributed by atoms with Gasteiger partial charge in [0.15, 0.2) is 0 Å². The van der Waals surface area contributed by atoms with Crippen LogP contribution in [-0.4, -0.2) is 34.6 Å². The summed E-state index contributed by atoms with van der Waals surface area (Å²) >= 11 is 0. The van der Waals surface area contributed by atoms with Crippen molar-refractivity contribution in [3.8, 4) is 0 Å². The Balaban J connectivity index is 2.13. The van der Waals surface area contributed by atoms with Crippen LogP contribution in [0.3, 0.4) is 0 Å². The molecule has 0 unspecified atom stereocenters. The number of nitrogens with one attached hydrogen (secondary N) is 2. The molecule has 0 saturated carbocycles. The van der Waals surface area contributed by atoms with E-state index in [0.29, 0.717) is 17.8 Å². The number of nitrogens with zero attached hydrogens (tertiary/aromatic N) is 4. The Morgan fingerprint density at radius 2 is 1.76 bits per heavy atom. The molecule has 4 N–H and O–H groups in total.